The molecule has 2 aromatic heterocycles. The molecule has 0 radical (unpaired) electrons. The molecule has 0 unspecified atom stereocenters. The molecule has 0 spiro atoms. The Hall–Kier alpha value is -3.40. The number of piperidine rings is 1. The average Bonchev–Trinajstić information content (AvgIpc) is 3.18. The monoisotopic (exact) mass is 500 g/mol. The van der Waals surface area contributed by atoms with E-state index in [9.17, 15) is 18.0 Å². The molecular formula is C26H31F3N6O. The zero-order valence-corrected chi connectivity index (χ0v) is 20.6. The Balaban J connectivity index is 1.67. The summed E-state index contributed by atoms with van der Waals surface area (Å²) in [5.74, 6) is 0.625. The van der Waals surface area contributed by atoms with Crippen LogP contribution in [0, 0.1) is 5.92 Å². The van der Waals surface area contributed by atoms with Gasteiger partial charge in [0.15, 0.2) is 0 Å². The molecule has 7 nitrogen and oxygen atoms in total. The molecule has 1 fully saturated rings. The highest BCUT2D eigenvalue weighted by atomic mass is 19.4. The van der Waals surface area contributed by atoms with Crippen molar-refractivity contribution < 1.29 is 13.2 Å². The van der Waals surface area contributed by atoms with Crippen LogP contribution in [0.1, 0.15) is 36.5 Å². The number of likely N-dealkylation sites (N-methyl/N-ethyl adjacent to an activating group) is 1. The second kappa shape index (κ2) is 10.7. The molecule has 4 rings (SSSR count). The molecule has 1 saturated heterocycles. The quantitative estimate of drug-likeness (QED) is 0.261. The fraction of sp³-hybridized carbons (Fsp3) is 0.423. The van der Waals surface area contributed by atoms with Crippen LogP contribution >= 0.6 is 0 Å². The van der Waals surface area contributed by atoms with E-state index in [0.717, 1.165) is 35.9 Å². The summed E-state index contributed by atoms with van der Waals surface area (Å²) in [6.07, 6.45) is 2.51. The number of halogens is 3. The number of likely N-dealkylation sites (tertiary alicyclic amines) is 1. The van der Waals surface area contributed by atoms with Gasteiger partial charge in [0.25, 0.3) is 0 Å². The summed E-state index contributed by atoms with van der Waals surface area (Å²) in [4.78, 5) is 17.3. The molecule has 0 atom stereocenters. The van der Waals surface area contributed by atoms with Gasteiger partial charge in [0.2, 0.25) is 0 Å². The summed E-state index contributed by atoms with van der Waals surface area (Å²) in [6, 6.07) is 8.44. The molecule has 0 amide bonds. The number of alkyl halides is 3. The Morgan fingerprint density at radius 2 is 1.92 bits per heavy atom. The van der Waals surface area contributed by atoms with Gasteiger partial charge < -0.3 is 4.90 Å². The first-order chi connectivity index (χ1) is 17.2. The van der Waals surface area contributed by atoms with Crippen LogP contribution in [0.15, 0.2) is 57.7 Å². The summed E-state index contributed by atoms with van der Waals surface area (Å²) < 4.78 is 44.5. The minimum atomic E-state index is -4.58. The van der Waals surface area contributed by atoms with Crippen molar-refractivity contribution in [2.75, 3.05) is 26.7 Å². The third-order valence-corrected chi connectivity index (χ3v) is 6.68. The average molecular weight is 501 g/mol. The van der Waals surface area contributed by atoms with Gasteiger partial charge in [0, 0.05) is 39.2 Å². The third-order valence-electron chi connectivity index (χ3n) is 6.68. The number of fused-ring (bicyclic) bond motifs is 1. The first-order valence-corrected chi connectivity index (χ1v) is 12.0. The predicted molar refractivity (Wildman–Crippen MR) is 136 cm³/mol. The van der Waals surface area contributed by atoms with Gasteiger partial charge in [-0.05, 0) is 67.6 Å². The molecule has 3 aromatic rings. The number of hydrogen-bond acceptors (Lipinski definition) is 4. The zero-order chi connectivity index (χ0) is 25.9. The van der Waals surface area contributed by atoms with Crippen molar-refractivity contribution >= 4 is 18.6 Å². The molecule has 1 aliphatic rings. The van der Waals surface area contributed by atoms with Gasteiger partial charge >= 0.3 is 11.9 Å². The van der Waals surface area contributed by atoms with E-state index < -0.39 is 17.4 Å². The van der Waals surface area contributed by atoms with Crippen LogP contribution in [0.4, 0.5) is 13.2 Å². The zero-order valence-electron chi connectivity index (χ0n) is 20.6. The van der Waals surface area contributed by atoms with E-state index in [0.29, 0.717) is 36.7 Å². The van der Waals surface area contributed by atoms with Crippen molar-refractivity contribution in [1.29, 1.82) is 0 Å². The van der Waals surface area contributed by atoms with Crippen molar-refractivity contribution in [3.63, 3.8) is 0 Å². The van der Waals surface area contributed by atoms with Crippen LogP contribution < -0.4 is 5.69 Å². The number of nitrogens with zero attached hydrogens (tertiary/aromatic N) is 6. The molecule has 1 aliphatic heterocycles. The van der Waals surface area contributed by atoms with Gasteiger partial charge in [-0.15, -0.1) is 5.10 Å². The lowest BCUT2D eigenvalue weighted by Gasteiger charge is -2.30. The lowest BCUT2D eigenvalue weighted by Crippen LogP contribution is -2.32. The van der Waals surface area contributed by atoms with E-state index in [2.05, 4.69) is 28.7 Å². The highest BCUT2D eigenvalue weighted by molar-refractivity contribution is 5.58. The summed E-state index contributed by atoms with van der Waals surface area (Å²) >= 11 is 0. The van der Waals surface area contributed by atoms with E-state index in [1.807, 2.05) is 24.1 Å². The Kier molecular flexibility index (Phi) is 7.63. The SMILES string of the molecule is C=N/N=C\N(C)CCc1cccc(-n2cc3c(C(F)(F)F)cc(CN4CCC(C)CC4)cn3c2=O)c1. The minimum Gasteiger partial charge on any atom is -0.364 e. The number of imidazole rings is 1. The standard InChI is InChI=1S/C26H31F3N6O/c1-19-7-11-33(12-8-19)15-21-14-23(26(27,28)29)24-17-34(25(36)35(24)16-21)22-6-4-5-20(13-22)9-10-32(3)18-31-30-2/h4-6,13-14,16-19H,2,7-12,15H2,1,3H3/b31-18-. The number of hydrogen-bond donors (Lipinski definition) is 0. The maximum absolute atomic E-state index is 14.0. The van der Waals surface area contributed by atoms with Crippen molar-refractivity contribution in [2.45, 2.75) is 38.9 Å². The van der Waals surface area contributed by atoms with Crippen molar-refractivity contribution in [3.05, 3.63) is 69.9 Å². The summed E-state index contributed by atoms with van der Waals surface area (Å²) in [5, 5.41) is 7.17. The summed E-state index contributed by atoms with van der Waals surface area (Å²) in [5.41, 5.74) is 0.471. The lowest BCUT2D eigenvalue weighted by atomic mass is 9.99. The highest BCUT2D eigenvalue weighted by Gasteiger charge is 2.34. The van der Waals surface area contributed by atoms with Crippen LogP contribution in [0.5, 0.6) is 0 Å². The van der Waals surface area contributed by atoms with Gasteiger partial charge in [0.05, 0.1) is 16.8 Å². The number of rotatable bonds is 8. The van der Waals surface area contributed by atoms with Crippen molar-refractivity contribution in [3.8, 4) is 5.69 Å². The Bertz CT molecular complexity index is 1300. The second-order valence-corrected chi connectivity index (χ2v) is 9.53. The Labute approximate surface area is 208 Å². The van der Waals surface area contributed by atoms with Gasteiger partial charge in [-0.3, -0.25) is 13.9 Å². The van der Waals surface area contributed by atoms with Gasteiger partial charge in [-0.1, -0.05) is 19.1 Å². The van der Waals surface area contributed by atoms with Crippen LogP contribution in [0.2, 0.25) is 0 Å². The molecule has 1 aromatic carbocycles. The number of aromatic nitrogens is 2. The molecule has 192 valence electrons. The molecule has 10 heteroatoms. The minimum absolute atomic E-state index is 0.151. The summed E-state index contributed by atoms with van der Waals surface area (Å²) in [7, 11) is 1.85. The van der Waals surface area contributed by atoms with Crippen molar-refractivity contribution in [2.24, 2.45) is 16.1 Å². The van der Waals surface area contributed by atoms with E-state index >= 15 is 0 Å². The molecule has 0 saturated carbocycles. The molecular weight excluding hydrogens is 469 g/mol. The van der Waals surface area contributed by atoms with E-state index in [-0.39, 0.29) is 5.52 Å². The first kappa shape index (κ1) is 25.7. The Morgan fingerprint density at radius 1 is 1.17 bits per heavy atom. The van der Waals surface area contributed by atoms with Gasteiger partial charge in [-0.25, -0.2) is 4.79 Å². The van der Waals surface area contributed by atoms with E-state index in [1.54, 1.807) is 24.7 Å². The largest absolute Gasteiger partial charge is 0.418 e. The third kappa shape index (κ3) is 5.87. The fourth-order valence-electron chi connectivity index (χ4n) is 4.57. The molecule has 0 aliphatic carbocycles. The van der Waals surface area contributed by atoms with Crippen LogP contribution in [-0.2, 0) is 19.1 Å². The molecule has 0 bridgehead atoms. The van der Waals surface area contributed by atoms with Gasteiger partial charge in [-0.2, -0.15) is 18.3 Å². The van der Waals surface area contributed by atoms with E-state index in [1.165, 1.54) is 16.8 Å². The van der Waals surface area contributed by atoms with Crippen LogP contribution in [0.3, 0.4) is 0 Å². The van der Waals surface area contributed by atoms with Crippen molar-refractivity contribution in [1.82, 2.24) is 18.8 Å². The fourth-order valence-corrected chi connectivity index (χ4v) is 4.57. The molecule has 0 N–H and O–H groups in total. The first-order valence-electron chi connectivity index (χ1n) is 12.0. The maximum Gasteiger partial charge on any atom is 0.418 e. The highest BCUT2D eigenvalue weighted by Crippen LogP contribution is 2.33. The topological polar surface area (TPSA) is 57.6 Å². The van der Waals surface area contributed by atoms with Crippen LogP contribution in [-0.4, -0.2) is 58.5 Å². The smallest absolute Gasteiger partial charge is 0.364 e. The lowest BCUT2D eigenvalue weighted by molar-refractivity contribution is -0.136. The summed E-state index contributed by atoms with van der Waals surface area (Å²) in [6.45, 7) is 8.20. The van der Waals surface area contributed by atoms with Gasteiger partial charge in [0.1, 0.15) is 6.34 Å². The normalized spacial score (nSPS) is 15.7. The number of pyridine rings is 1. The van der Waals surface area contributed by atoms with E-state index in [4.69, 9.17) is 0 Å². The molecule has 3 heterocycles. The predicted octanol–water partition coefficient (Wildman–Crippen LogP) is 4.46. The second-order valence-electron chi connectivity index (χ2n) is 9.53. The molecule has 36 heavy (non-hydrogen) atoms. The number of benzene rings is 1. The maximum atomic E-state index is 14.0. The Morgan fingerprint density at radius 3 is 2.61 bits per heavy atom. The van der Waals surface area contributed by atoms with Crippen LogP contribution in [0.25, 0.3) is 11.2 Å².